The third kappa shape index (κ3) is 4.90. The van der Waals surface area contributed by atoms with Crippen molar-refractivity contribution < 1.29 is 26.4 Å². The van der Waals surface area contributed by atoms with E-state index in [4.69, 9.17) is 0 Å². The number of sulfonamides is 1. The molecule has 3 rings (SSSR count). The topological polar surface area (TPSA) is 75.3 Å². The second-order valence-electron chi connectivity index (χ2n) is 6.57. The minimum absolute atomic E-state index is 0.0423. The third-order valence-corrected chi connectivity index (χ3v) is 6.04. The van der Waals surface area contributed by atoms with Gasteiger partial charge in [0, 0.05) is 19.0 Å². The zero-order valence-corrected chi connectivity index (χ0v) is 15.6. The van der Waals surface area contributed by atoms with E-state index in [1.165, 1.54) is 24.3 Å². The second kappa shape index (κ2) is 7.92. The number of nitrogens with one attached hydrogen (secondary N) is 2. The lowest BCUT2D eigenvalue weighted by Gasteiger charge is -2.09. The lowest BCUT2D eigenvalue weighted by molar-refractivity contribution is -0.137. The number of benzene rings is 2. The van der Waals surface area contributed by atoms with Crippen LogP contribution in [0, 0.1) is 5.92 Å². The second-order valence-corrected chi connectivity index (χ2v) is 8.34. The predicted molar refractivity (Wildman–Crippen MR) is 96.9 cm³/mol. The molecule has 1 amide bonds. The Morgan fingerprint density at radius 3 is 2.25 bits per heavy atom. The van der Waals surface area contributed by atoms with Crippen molar-refractivity contribution in [2.24, 2.45) is 5.92 Å². The summed E-state index contributed by atoms with van der Waals surface area (Å²) in [4.78, 5) is 12.3. The van der Waals surface area contributed by atoms with Crippen molar-refractivity contribution >= 4 is 15.9 Å². The van der Waals surface area contributed by atoms with E-state index in [1.54, 1.807) is 18.2 Å². The average Bonchev–Trinajstić information content (AvgIpc) is 3.46. The van der Waals surface area contributed by atoms with Crippen molar-refractivity contribution in [3.05, 3.63) is 65.7 Å². The molecule has 0 heterocycles. The van der Waals surface area contributed by atoms with Crippen LogP contribution in [0.3, 0.4) is 0 Å². The first-order valence-electron chi connectivity index (χ1n) is 8.68. The first kappa shape index (κ1) is 20.3. The molecule has 0 saturated heterocycles. The third-order valence-electron chi connectivity index (χ3n) is 4.56. The summed E-state index contributed by atoms with van der Waals surface area (Å²) in [5.74, 6) is -0.644. The Hall–Kier alpha value is -2.39. The summed E-state index contributed by atoms with van der Waals surface area (Å²) in [6.07, 6.45) is -3.82. The number of rotatable bonds is 7. The number of alkyl halides is 3. The van der Waals surface area contributed by atoms with E-state index in [1.807, 2.05) is 0 Å². The van der Waals surface area contributed by atoms with Gasteiger partial charge in [0.1, 0.15) is 0 Å². The highest BCUT2D eigenvalue weighted by molar-refractivity contribution is 7.89. The molecule has 1 aliphatic rings. The molecule has 0 spiro atoms. The zero-order chi connectivity index (χ0) is 20.4. The predicted octanol–water partition coefficient (Wildman–Crippen LogP) is 2.90. The van der Waals surface area contributed by atoms with Gasteiger partial charge in [-0.25, -0.2) is 13.1 Å². The summed E-state index contributed by atoms with van der Waals surface area (Å²) in [5, 5.41) is 2.66. The highest BCUT2D eigenvalue weighted by atomic mass is 32.2. The molecule has 28 heavy (non-hydrogen) atoms. The number of hydrogen-bond acceptors (Lipinski definition) is 3. The van der Waals surface area contributed by atoms with Gasteiger partial charge in [-0.1, -0.05) is 30.3 Å². The molecule has 0 bridgehead atoms. The molecule has 2 atom stereocenters. The molecule has 2 aromatic carbocycles. The van der Waals surface area contributed by atoms with Gasteiger partial charge in [0.15, 0.2) is 0 Å². The maximum absolute atomic E-state index is 12.6. The average molecular weight is 412 g/mol. The van der Waals surface area contributed by atoms with E-state index in [0.717, 1.165) is 12.1 Å². The summed E-state index contributed by atoms with van der Waals surface area (Å²) in [6.45, 7) is 0.168. The summed E-state index contributed by atoms with van der Waals surface area (Å²) < 4.78 is 64.3. The van der Waals surface area contributed by atoms with Crippen LogP contribution in [0.5, 0.6) is 0 Å². The van der Waals surface area contributed by atoms with Gasteiger partial charge >= 0.3 is 6.18 Å². The molecule has 2 unspecified atom stereocenters. The van der Waals surface area contributed by atoms with Crippen LogP contribution < -0.4 is 10.0 Å². The molecule has 1 fully saturated rings. The molecular weight excluding hydrogens is 393 g/mol. The molecule has 0 radical (unpaired) electrons. The zero-order valence-electron chi connectivity index (χ0n) is 14.7. The molecule has 150 valence electrons. The van der Waals surface area contributed by atoms with Crippen molar-refractivity contribution in [2.45, 2.75) is 23.4 Å². The Kier molecular flexibility index (Phi) is 5.76. The summed E-state index contributed by atoms with van der Waals surface area (Å²) in [7, 11) is -3.63. The molecule has 2 aromatic rings. The van der Waals surface area contributed by atoms with Crippen LogP contribution in [-0.4, -0.2) is 27.4 Å². The van der Waals surface area contributed by atoms with Crippen LogP contribution in [0.25, 0.3) is 0 Å². The van der Waals surface area contributed by atoms with Crippen LogP contribution in [0.2, 0.25) is 0 Å². The Bertz CT molecular complexity index is 929. The monoisotopic (exact) mass is 412 g/mol. The summed E-state index contributed by atoms with van der Waals surface area (Å²) >= 11 is 0. The molecule has 2 N–H and O–H groups in total. The van der Waals surface area contributed by atoms with Crippen LogP contribution in [0.1, 0.15) is 23.5 Å². The van der Waals surface area contributed by atoms with E-state index >= 15 is 0 Å². The molecule has 0 aliphatic heterocycles. The van der Waals surface area contributed by atoms with Gasteiger partial charge in [-0.2, -0.15) is 13.2 Å². The van der Waals surface area contributed by atoms with Crippen molar-refractivity contribution in [1.29, 1.82) is 0 Å². The standard InChI is InChI=1S/C19H19F3N2O3S/c20-19(21,22)14-8-6-13(7-9-14)16-12-17(16)18(25)23-10-11-24-28(26,27)15-4-2-1-3-5-15/h1-9,16-17,24H,10-12H2,(H,23,25). The van der Waals surface area contributed by atoms with Gasteiger partial charge in [0.05, 0.1) is 10.5 Å². The number of carbonyl (C=O) groups excluding carboxylic acids is 1. The SMILES string of the molecule is O=C(NCCNS(=O)(=O)c1ccccc1)C1CC1c1ccc(C(F)(F)F)cc1. The van der Waals surface area contributed by atoms with Gasteiger partial charge in [0.25, 0.3) is 0 Å². The van der Waals surface area contributed by atoms with E-state index in [9.17, 15) is 26.4 Å². The van der Waals surface area contributed by atoms with E-state index in [2.05, 4.69) is 10.0 Å². The smallest absolute Gasteiger partial charge is 0.355 e. The normalized spacial score (nSPS) is 19.2. The Morgan fingerprint density at radius 1 is 1.00 bits per heavy atom. The quantitative estimate of drug-likeness (QED) is 0.687. The number of amides is 1. The van der Waals surface area contributed by atoms with Gasteiger partial charge in [0.2, 0.25) is 15.9 Å². The lowest BCUT2D eigenvalue weighted by Crippen LogP contribution is -2.35. The van der Waals surface area contributed by atoms with Crippen molar-refractivity contribution in [2.75, 3.05) is 13.1 Å². The molecule has 5 nitrogen and oxygen atoms in total. The van der Waals surface area contributed by atoms with Gasteiger partial charge < -0.3 is 5.32 Å². The van der Waals surface area contributed by atoms with Gasteiger partial charge in [-0.15, -0.1) is 0 Å². The number of halogens is 3. The van der Waals surface area contributed by atoms with Crippen molar-refractivity contribution in [3.63, 3.8) is 0 Å². The fourth-order valence-corrected chi connectivity index (χ4v) is 4.01. The fraction of sp³-hybridized carbons (Fsp3) is 0.316. The van der Waals surface area contributed by atoms with Crippen LogP contribution in [0.4, 0.5) is 13.2 Å². The van der Waals surface area contributed by atoms with E-state index in [0.29, 0.717) is 12.0 Å². The lowest BCUT2D eigenvalue weighted by atomic mass is 10.1. The first-order valence-corrected chi connectivity index (χ1v) is 10.2. The summed E-state index contributed by atoms with van der Waals surface area (Å²) in [6, 6.07) is 12.7. The molecule has 1 aliphatic carbocycles. The van der Waals surface area contributed by atoms with Crippen LogP contribution in [0.15, 0.2) is 59.5 Å². The molecule has 9 heteroatoms. The highest BCUT2D eigenvalue weighted by Crippen LogP contribution is 2.47. The fourth-order valence-electron chi connectivity index (χ4n) is 2.96. The number of carbonyl (C=O) groups is 1. The maximum Gasteiger partial charge on any atom is 0.416 e. The Balaban J connectivity index is 1.44. The minimum atomic E-state index is -4.38. The van der Waals surface area contributed by atoms with Crippen molar-refractivity contribution in [1.82, 2.24) is 10.0 Å². The van der Waals surface area contributed by atoms with E-state index in [-0.39, 0.29) is 35.7 Å². The van der Waals surface area contributed by atoms with Gasteiger partial charge in [-0.05, 0) is 42.2 Å². The molecular formula is C19H19F3N2O3S. The van der Waals surface area contributed by atoms with Gasteiger partial charge in [-0.3, -0.25) is 4.79 Å². The summed E-state index contributed by atoms with van der Waals surface area (Å²) in [5.41, 5.74) is -0.0264. The highest BCUT2D eigenvalue weighted by Gasteiger charge is 2.44. The molecule has 0 aromatic heterocycles. The van der Waals surface area contributed by atoms with E-state index < -0.39 is 21.8 Å². The van der Waals surface area contributed by atoms with Crippen LogP contribution in [-0.2, 0) is 21.0 Å². The number of hydrogen-bond donors (Lipinski definition) is 2. The first-order chi connectivity index (χ1) is 13.2. The van der Waals surface area contributed by atoms with Crippen LogP contribution >= 0.6 is 0 Å². The minimum Gasteiger partial charge on any atom is -0.355 e. The Labute approximate surface area is 161 Å². The Morgan fingerprint density at radius 2 is 1.64 bits per heavy atom. The largest absolute Gasteiger partial charge is 0.416 e. The molecule has 1 saturated carbocycles. The van der Waals surface area contributed by atoms with Crippen molar-refractivity contribution in [3.8, 4) is 0 Å². The maximum atomic E-state index is 12.6.